The van der Waals surface area contributed by atoms with E-state index in [1.807, 2.05) is 50.2 Å². The van der Waals surface area contributed by atoms with Gasteiger partial charge in [0.1, 0.15) is 5.75 Å². The lowest BCUT2D eigenvalue weighted by Crippen LogP contribution is -2.32. The Balaban J connectivity index is 1.99. The molecule has 1 heterocycles. The Morgan fingerprint density at radius 2 is 1.87 bits per heavy atom. The fourth-order valence-electron chi connectivity index (χ4n) is 2.68. The quantitative estimate of drug-likeness (QED) is 0.286. The van der Waals surface area contributed by atoms with Crippen LogP contribution in [0.2, 0.25) is 0 Å². The van der Waals surface area contributed by atoms with Gasteiger partial charge < -0.3 is 29.6 Å². The van der Waals surface area contributed by atoms with E-state index in [1.54, 1.807) is 20.4 Å². The Morgan fingerprint density at radius 3 is 2.58 bits per heavy atom. The third-order valence-electron chi connectivity index (χ3n) is 4.13. The van der Waals surface area contributed by atoms with E-state index >= 15 is 0 Å². The number of nitrogens with zero attached hydrogens (tertiary/aromatic N) is 2. The molecule has 0 aliphatic carbocycles. The normalized spacial score (nSPS) is 11.5. The Hall–Kier alpha value is -2.84. The second kappa shape index (κ2) is 14.2. The fourth-order valence-corrected chi connectivity index (χ4v) is 2.68. The highest BCUT2D eigenvalue weighted by atomic mass is 16.5. The van der Waals surface area contributed by atoms with Gasteiger partial charge in [-0.05, 0) is 50.6 Å². The maximum absolute atomic E-state index is 5.71. The summed E-state index contributed by atoms with van der Waals surface area (Å²) in [5, 5.41) is 6.69. The van der Waals surface area contributed by atoms with Crippen LogP contribution in [0.3, 0.4) is 0 Å². The number of pyridine rings is 1. The van der Waals surface area contributed by atoms with Crippen molar-refractivity contribution in [2.24, 2.45) is 4.99 Å². The van der Waals surface area contributed by atoms with Gasteiger partial charge in [0.25, 0.3) is 0 Å². The molecule has 0 aliphatic rings. The van der Waals surface area contributed by atoms with Crippen molar-refractivity contribution < 1.29 is 18.9 Å². The Kier molecular flexibility index (Phi) is 11.2. The van der Waals surface area contributed by atoms with Gasteiger partial charge in [-0.25, -0.2) is 9.98 Å². The standard InChI is InChI=1S/C23H34N4O4/c1-18(2)31-21-10-8-20(9-11-21)27-23(25-13-6-14-30-16-15-28-3)26-17-19-7-5-12-24-22(19)29-4/h5,7-12,18H,6,13-17H2,1-4H3,(H2,25,26,27). The summed E-state index contributed by atoms with van der Waals surface area (Å²) in [4.78, 5) is 8.93. The van der Waals surface area contributed by atoms with Gasteiger partial charge >= 0.3 is 0 Å². The second-order valence-corrected chi connectivity index (χ2v) is 7.04. The lowest BCUT2D eigenvalue weighted by atomic mass is 10.3. The zero-order valence-electron chi connectivity index (χ0n) is 18.9. The van der Waals surface area contributed by atoms with Crippen LogP contribution in [-0.2, 0) is 16.0 Å². The van der Waals surface area contributed by atoms with Gasteiger partial charge in [0.15, 0.2) is 5.96 Å². The number of rotatable bonds is 13. The summed E-state index contributed by atoms with van der Waals surface area (Å²) in [6, 6.07) is 11.6. The number of hydrogen-bond acceptors (Lipinski definition) is 6. The van der Waals surface area contributed by atoms with Crippen molar-refractivity contribution in [1.29, 1.82) is 0 Å². The van der Waals surface area contributed by atoms with E-state index in [-0.39, 0.29) is 6.10 Å². The van der Waals surface area contributed by atoms with Crippen LogP contribution in [0.4, 0.5) is 5.69 Å². The van der Waals surface area contributed by atoms with Crippen molar-refractivity contribution in [3.8, 4) is 11.6 Å². The number of benzene rings is 1. The van der Waals surface area contributed by atoms with Crippen LogP contribution in [0, 0.1) is 0 Å². The highest BCUT2D eigenvalue weighted by Crippen LogP contribution is 2.18. The van der Waals surface area contributed by atoms with Gasteiger partial charge in [-0.2, -0.15) is 0 Å². The van der Waals surface area contributed by atoms with E-state index in [1.165, 1.54) is 0 Å². The fraction of sp³-hybridized carbons (Fsp3) is 0.478. The number of ether oxygens (including phenoxy) is 4. The molecule has 0 bridgehead atoms. The van der Waals surface area contributed by atoms with Crippen LogP contribution in [0.1, 0.15) is 25.8 Å². The lowest BCUT2D eigenvalue weighted by Gasteiger charge is -2.14. The maximum atomic E-state index is 5.71. The molecule has 1 aromatic heterocycles. The van der Waals surface area contributed by atoms with Gasteiger partial charge in [-0.1, -0.05) is 6.07 Å². The number of aliphatic imine (C=N–C) groups is 1. The van der Waals surface area contributed by atoms with E-state index in [2.05, 4.69) is 15.6 Å². The minimum atomic E-state index is 0.137. The molecule has 0 radical (unpaired) electrons. The summed E-state index contributed by atoms with van der Waals surface area (Å²) in [5.41, 5.74) is 1.83. The first kappa shape index (κ1) is 24.4. The van der Waals surface area contributed by atoms with E-state index in [0.717, 1.165) is 30.0 Å². The molecule has 0 fully saturated rings. The zero-order valence-corrected chi connectivity index (χ0v) is 18.9. The van der Waals surface area contributed by atoms with Crippen molar-refractivity contribution >= 4 is 11.6 Å². The summed E-state index contributed by atoms with van der Waals surface area (Å²) in [5.74, 6) is 2.08. The number of anilines is 1. The van der Waals surface area contributed by atoms with E-state index < -0.39 is 0 Å². The SMILES string of the molecule is COCCOCCCNC(=NCc1cccnc1OC)Nc1ccc(OC(C)C)cc1. The molecule has 0 saturated heterocycles. The first-order valence-electron chi connectivity index (χ1n) is 10.5. The molecular formula is C23H34N4O4. The van der Waals surface area contributed by atoms with Crippen LogP contribution in [0.25, 0.3) is 0 Å². The number of nitrogens with one attached hydrogen (secondary N) is 2. The lowest BCUT2D eigenvalue weighted by molar-refractivity contribution is 0.0699. The Morgan fingerprint density at radius 1 is 1.06 bits per heavy atom. The third kappa shape index (κ3) is 9.67. The Labute approximate surface area is 185 Å². The number of hydrogen-bond donors (Lipinski definition) is 2. The summed E-state index contributed by atoms with van der Waals surface area (Å²) in [6.07, 6.45) is 2.69. The van der Waals surface area contributed by atoms with Crippen molar-refractivity contribution in [3.05, 3.63) is 48.2 Å². The molecule has 8 nitrogen and oxygen atoms in total. The van der Waals surface area contributed by atoms with Crippen molar-refractivity contribution in [2.75, 3.05) is 45.9 Å². The van der Waals surface area contributed by atoms with Crippen LogP contribution in [0.5, 0.6) is 11.6 Å². The highest BCUT2D eigenvalue weighted by Gasteiger charge is 2.05. The molecule has 8 heteroatoms. The minimum Gasteiger partial charge on any atom is -0.491 e. The molecule has 1 aromatic carbocycles. The average molecular weight is 431 g/mol. The molecule has 0 unspecified atom stereocenters. The molecule has 31 heavy (non-hydrogen) atoms. The second-order valence-electron chi connectivity index (χ2n) is 7.04. The van der Waals surface area contributed by atoms with Gasteiger partial charge in [0, 0.05) is 37.7 Å². The maximum Gasteiger partial charge on any atom is 0.218 e. The number of methoxy groups -OCH3 is 2. The van der Waals surface area contributed by atoms with Gasteiger partial charge in [-0.3, -0.25) is 0 Å². The molecule has 0 aliphatic heterocycles. The molecule has 0 saturated carbocycles. The molecule has 0 atom stereocenters. The predicted octanol–water partition coefficient (Wildman–Crippen LogP) is 3.49. The molecule has 0 spiro atoms. The van der Waals surface area contributed by atoms with Crippen LogP contribution < -0.4 is 20.1 Å². The van der Waals surface area contributed by atoms with Crippen LogP contribution in [-0.4, -0.2) is 57.6 Å². The topological polar surface area (TPSA) is 86.2 Å². The summed E-state index contributed by atoms with van der Waals surface area (Å²) >= 11 is 0. The van der Waals surface area contributed by atoms with Crippen LogP contribution in [0.15, 0.2) is 47.6 Å². The van der Waals surface area contributed by atoms with Crippen molar-refractivity contribution in [2.45, 2.75) is 32.9 Å². The van der Waals surface area contributed by atoms with Crippen molar-refractivity contribution in [3.63, 3.8) is 0 Å². The third-order valence-corrected chi connectivity index (χ3v) is 4.13. The van der Waals surface area contributed by atoms with Gasteiger partial charge in [0.05, 0.1) is 33.0 Å². The summed E-state index contributed by atoms with van der Waals surface area (Å²) < 4.78 is 21.5. The molecular weight excluding hydrogens is 396 g/mol. The molecule has 2 aromatic rings. The van der Waals surface area contributed by atoms with Crippen LogP contribution >= 0.6 is 0 Å². The largest absolute Gasteiger partial charge is 0.491 e. The molecule has 2 N–H and O–H groups in total. The first-order valence-corrected chi connectivity index (χ1v) is 10.5. The Bertz CT molecular complexity index is 781. The van der Waals surface area contributed by atoms with Gasteiger partial charge in [0.2, 0.25) is 5.88 Å². The molecule has 2 rings (SSSR count). The average Bonchev–Trinajstić information content (AvgIpc) is 2.77. The summed E-state index contributed by atoms with van der Waals surface area (Å²) in [7, 11) is 3.27. The number of guanidine groups is 1. The number of aromatic nitrogens is 1. The summed E-state index contributed by atoms with van der Waals surface area (Å²) in [6.45, 7) is 7.02. The molecule has 170 valence electrons. The highest BCUT2D eigenvalue weighted by molar-refractivity contribution is 5.93. The van der Waals surface area contributed by atoms with E-state index in [4.69, 9.17) is 23.9 Å². The van der Waals surface area contributed by atoms with Crippen molar-refractivity contribution in [1.82, 2.24) is 10.3 Å². The predicted molar refractivity (Wildman–Crippen MR) is 123 cm³/mol. The smallest absolute Gasteiger partial charge is 0.218 e. The monoisotopic (exact) mass is 430 g/mol. The van der Waals surface area contributed by atoms with E-state index in [9.17, 15) is 0 Å². The zero-order chi connectivity index (χ0) is 22.3. The molecule has 0 amide bonds. The first-order chi connectivity index (χ1) is 15.1. The minimum absolute atomic E-state index is 0.137. The van der Waals surface area contributed by atoms with Gasteiger partial charge in [-0.15, -0.1) is 0 Å². The van der Waals surface area contributed by atoms with E-state index in [0.29, 0.717) is 38.2 Å².